The fraction of sp³-hybridized carbons (Fsp3) is 0.125. The summed E-state index contributed by atoms with van der Waals surface area (Å²) in [6.07, 6.45) is 0. The predicted molar refractivity (Wildman–Crippen MR) is 83.4 cm³/mol. The number of para-hydroxylation sites is 1. The monoisotopic (exact) mass is 323 g/mol. The summed E-state index contributed by atoms with van der Waals surface area (Å²) in [4.78, 5) is 0. The van der Waals surface area contributed by atoms with Crippen LogP contribution in [0.4, 0.5) is 4.39 Å². The number of halogens is 3. The van der Waals surface area contributed by atoms with Crippen LogP contribution in [0.25, 0.3) is 11.0 Å². The summed E-state index contributed by atoms with van der Waals surface area (Å²) in [5.41, 5.74) is 8.39. The third-order valence-electron chi connectivity index (χ3n) is 3.44. The Kier molecular flexibility index (Phi) is 3.66. The van der Waals surface area contributed by atoms with Gasteiger partial charge < -0.3 is 10.2 Å². The summed E-state index contributed by atoms with van der Waals surface area (Å²) in [6, 6.07) is 9.61. The molecule has 2 aromatic carbocycles. The van der Waals surface area contributed by atoms with Gasteiger partial charge in [0, 0.05) is 10.4 Å². The zero-order valence-corrected chi connectivity index (χ0v) is 12.7. The van der Waals surface area contributed by atoms with E-state index in [0.29, 0.717) is 16.3 Å². The van der Waals surface area contributed by atoms with E-state index in [1.54, 1.807) is 0 Å². The maximum absolute atomic E-state index is 13.6. The Morgan fingerprint density at radius 2 is 1.90 bits per heavy atom. The number of benzene rings is 2. The fourth-order valence-electron chi connectivity index (χ4n) is 2.31. The third kappa shape index (κ3) is 2.53. The Labute approximate surface area is 131 Å². The number of rotatable bonds is 2. The van der Waals surface area contributed by atoms with Gasteiger partial charge in [-0.25, -0.2) is 4.39 Å². The molecule has 1 aromatic heterocycles. The molecule has 0 radical (unpaired) electrons. The van der Waals surface area contributed by atoms with Crippen molar-refractivity contribution in [3.05, 3.63) is 69.1 Å². The molecule has 2 nitrogen and oxygen atoms in total. The van der Waals surface area contributed by atoms with Crippen LogP contribution in [-0.4, -0.2) is 0 Å². The highest BCUT2D eigenvalue weighted by atomic mass is 35.5. The molecule has 2 N–H and O–H groups in total. The molecule has 0 aliphatic carbocycles. The van der Waals surface area contributed by atoms with Crippen LogP contribution in [0.5, 0.6) is 0 Å². The lowest BCUT2D eigenvalue weighted by atomic mass is 10.0. The van der Waals surface area contributed by atoms with E-state index in [-0.39, 0.29) is 5.02 Å². The Morgan fingerprint density at radius 1 is 1.14 bits per heavy atom. The standard InChI is InChI=1S/C16H12Cl2FNO/c1-8-3-2-4-9-5-14(21-16(8)9)15(20)10-6-13(19)12(18)7-11(10)17/h2-7,15H,20H2,1H3. The first-order chi connectivity index (χ1) is 9.97. The van der Waals surface area contributed by atoms with Crippen molar-refractivity contribution in [1.29, 1.82) is 0 Å². The maximum Gasteiger partial charge on any atom is 0.142 e. The molecule has 0 amide bonds. The van der Waals surface area contributed by atoms with Crippen LogP contribution >= 0.6 is 23.2 Å². The van der Waals surface area contributed by atoms with Crippen molar-refractivity contribution in [3.8, 4) is 0 Å². The largest absolute Gasteiger partial charge is 0.459 e. The average Bonchev–Trinajstić information content (AvgIpc) is 2.87. The fourth-order valence-corrected chi connectivity index (χ4v) is 2.81. The second kappa shape index (κ2) is 5.34. The lowest BCUT2D eigenvalue weighted by Gasteiger charge is -2.12. The maximum atomic E-state index is 13.6. The van der Waals surface area contributed by atoms with Gasteiger partial charge in [0.05, 0.1) is 11.1 Å². The second-order valence-corrected chi connectivity index (χ2v) is 5.72. The summed E-state index contributed by atoms with van der Waals surface area (Å²) >= 11 is 11.8. The van der Waals surface area contributed by atoms with E-state index in [2.05, 4.69) is 0 Å². The van der Waals surface area contributed by atoms with E-state index >= 15 is 0 Å². The number of hydrogen-bond donors (Lipinski definition) is 1. The first-order valence-electron chi connectivity index (χ1n) is 6.36. The van der Waals surface area contributed by atoms with Crippen LogP contribution < -0.4 is 5.73 Å². The number of furan rings is 1. The van der Waals surface area contributed by atoms with Crippen molar-refractivity contribution >= 4 is 34.2 Å². The smallest absolute Gasteiger partial charge is 0.142 e. The zero-order chi connectivity index (χ0) is 15.1. The molecular formula is C16H12Cl2FNO. The van der Waals surface area contributed by atoms with Crippen molar-refractivity contribution in [2.24, 2.45) is 5.73 Å². The lowest BCUT2D eigenvalue weighted by Crippen LogP contribution is -2.12. The van der Waals surface area contributed by atoms with Gasteiger partial charge in [-0.2, -0.15) is 0 Å². The minimum Gasteiger partial charge on any atom is -0.459 e. The molecule has 0 aliphatic heterocycles. The van der Waals surface area contributed by atoms with Crippen molar-refractivity contribution < 1.29 is 8.81 Å². The van der Waals surface area contributed by atoms with E-state index in [9.17, 15) is 4.39 Å². The summed E-state index contributed by atoms with van der Waals surface area (Å²) < 4.78 is 19.4. The van der Waals surface area contributed by atoms with Crippen molar-refractivity contribution in [1.82, 2.24) is 0 Å². The Balaban J connectivity index is 2.10. The second-order valence-electron chi connectivity index (χ2n) is 4.91. The van der Waals surface area contributed by atoms with E-state index < -0.39 is 11.9 Å². The quantitative estimate of drug-likeness (QED) is 0.655. The van der Waals surface area contributed by atoms with Crippen LogP contribution in [0.2, 0.25) is 10.0 Å². The molecule has 0 bridgehead atoms. The van der Waals surface area contributed by atoms with E-state index in [1.807, 2.05) is 31.2 Å². The molecule has 5 heteroatoms. The topological polar surface area (TPSA) is 39.2 Å². The van der Waals surface area contributed by atoms with Crippen molar-refractivity contribution in [2.45, 2.75) is 13.0 Å². The minimum absolute atomic E-state index is 0.0311. The minimum atomic E-state index is -0.656. The normalized spacial score (nSPS) is 12.8. The molecule has 0 saturated heterocycles. The first-order valence-corrected chi connectivity index (χ1v) is 7.12. The molecule has 1 unspecified atom stereocenters. The Bertz CT molecular complexity index is 829. The summed E-state index contributed by atoms with van der Waals surface area (Å²) in [7, 11) is 0. The Morgan fingerprint density at radius 3 is 2.62 bits per heavy atom. The van der Waals surface area contributed by atoms with Gasteiger partial charge in [-0.05, 0) is 36.2 Å². The number of hydrogen-bond acceptors (Lipinski definition) is 2. The summed E-state index contributed by atoms with van der Waals surface area (Å²) in [6.45, 7) is 1.95. The van der Waals surface area contributed by atoms with Gasteiger partial charge in [0.25, 0.3) is 0 Å². The Hall–Kier alpha value is -1.55. The molecule has 1 atom stereocenters. The van der Waals surface area contributed by atoms with Crippen LogP contribution in [0.1, 0.15) is 22.9 Å². The highest BCUT2D eigenvalue weighted by Gasteiger charge is 2.19. The number of nitrogens with two attached hydrogens (primary N) is 1. The van der Waals surface area contributed by atoms with Gasteiger partial charge in [-0.15, -0.1) is 0 Å². The summed E-state index contributed by atoms with van der Waals surface area (Å²) in [5.74, 6) is -0.0262. The number of aryl methyl sites for hydroxylation is 1. The third-order valence-corrected chi connectivity index (χ3v) is 4.06. The molecule has 3 rings (SSSR count). The van der Waals surface area contributed by atoms with Crippen LogP contribution in [0.15, 0.2) is 40.8 Å². The van der Waals surface area contributed by atoms with Gasteiger partial charge >= 0.3 is 0 Å². The average molecular weight is 324 g/mol. The first kappa shape index (κ1) is 14.4. The van der Waals surface area contributed by atoms with Gasteiger partial charge in [-0.3, -0.25) is 0 Å². The molecule has 0 aliphatic rings. The van der Waals surface area contributed by atoms with E-state index in [4.69, 9.17) is 33.4 Å². The van der Waals surface area contributed by atoms with E-state index in [1.165, 1.54) is 12.1 Å². The highest BCUT2D eigenvalue weighted by Crippen LogP contribution is 2.33. The van der Waals surface area contributed by atoms with Gasteiger partial charge in [0.2, 0.25) is 0 Å². The van der Waals surface area contributed by atoms with Crippen LogP contribution in [0.3, 0.4) is 0 Å². The van der Waals surface area contributed by atoms with E-state index in [0.717, 1.165) is 16.5 Å². The summed E-state index contributed by atoms with van der Waals surface area (Å²) in [5, 5.41) is 1.23. The molecule has 0 saturated carbocycles. The predicted octanol–water partition coefficient (Wildman–Crippen LogP) is 5.24. The number of fused-ring (bicyclic) bond motifs is 1. The lowest BCUT2D eigenvalue weighted by molar-refractivity contribution is 0.522. The van der Waals surface area contributed by atoms with Crippen LogP contribution in [0, 0.1) is 12.7 Å². The molecule has 0 fully saturated rings. The molecule has 3 aromatic rings. The van der Waals surface area contributed by atoms with Gasteiger partial charge in [0.1, 0.15) is 17.2 Å². The van der Waals surface area contributed by atoms with Gasteiger partial charge in [-0.1, -0.05) is 41.4 Å². The molecule has 0 spiro atoms. The van der Waals surface area contributed by atoms with Crippen molar-refractivity contribution in [3.63, 3.8) is 0 Å². The zero-order valence-electron chi connectivity index (χ0n) is 11.2. The molecular weight excluding hydrogens is 312 g/mol. The van der Waals surface area contributed by atoms with Crippen LogP contribution in [-0.2, 0) is 0 Å². The molecule has 1 heterocycles. The molecule has 21 heavy (non-hydrogen) atoms. The van der Waals surface area contributed by atoms with Gasteiger partial charge in [0.15, 0.2) is 0 Å². The molecule has 108 valence electrons. The van der Waals surface area contributed by atoms with Crippen molar-refractivity contribution in [2.75, 3.05) is 0 Å². The highest BCUT2D eigenvalue weighted by molar-refractivity contribution is 6.35. The SMILES string of the molecule is Cc1cccc2cc(C(N)c3cc(F)c(Cl)cc3Cl)oc12.